The number of hydrogen-bond donors (Lipinski definition) is 1. The maximum absolute atomic E-state index is 11.1. The highest BCUT2D eigenvalue weighted by Crippen LogP contribution is 2.22. The molecule has 0 atom stereocenters. The van der Waals surface area contributed by atoms with Crippen molar-refractivity contribution in [2.24, 2.45) is 0 Å². The monoisotopic (exact) mass is 278 g/mol. The Morgan fingerprint density at radius 2 is 1.85 bits per heavy atom. The van der Waals surface area contributed by atoms with Crippen molar-refractivity contribution in [3.63, 3.8) is 0 Å². The molecule has 10 nitrogen and oxygen atoms in total. The fourth-order valence-electron chi connectivity index (χ4n) is 1.55. The van der Waals surface area contributed by atoms with Gasteiger partial charge in [-0.2, -0.15) is 5.10 Å². The Morgan fingerprint density at radius 1 is 1.20 bits per heavy atom. The summed E-state index contributed by atoms with van der Waals surface area (Å²) in [5.74, 6) is -1.40. The number of non-ortho nitro benzene ring substituents is 1. The van der Waals surface area contributed by atoms with Gasteiger partial charge in [-0.25, -0.2) is 9.48 Å². The summed E-state index contributed by atoms with van der Waals surface area (Å²) in [5.41, 5.74) is -1.10. The minimum absolute atomic E-state index is 0.00352. The molecule has 1 heterocycles. The Kier molecular flexibility index (Phi) is 3.13. The highest BCUT2D eigenvalue weighted by molar-refractivity contribution is 5.92. The molecule has 102 valence electrons. The smallest absolute Gasteiger partial charge is 0.338 e. The second-order valence-electron chi connectivity index (χ2n) is 3.66. The van der Waals surface area contributed by atoms with Gasteiger partial charge in [-0.05, 0) is 6.07 Å². The van der Waals surface area contributed by atoms with E-state index in [0.29, 0.717) is 0 Å². The van der Waals surface area contributed by atoms with E-state index in [0.717, 1.165) is 35.3 Å². The van der Waals surface area contributed by atoms with Crippen LogP contribution >= 0.6 is 0 Å². The third-order valence-corrected chi connectivity index (χ3v) is 2.45. The van der Waals surface area contributed by atoms with E-state index < -0.39 is 21.5 Å². The van der Waals surface area contributed by atoms with Crippen LogP contribution in [0.3, 0.4) is 0 Å². The Morgan fingerprint density at radius 3 is 2.35 bits per heavy atom. The number of aromatic nitrogens is 2. The lowest BCUT2D eigenvalue weighted by Crippen LogP contribution is -2.06. The van der Waals surface area contributed by atoms with Crippen LogP contribution in [0.15, 0.2) is 30.6 Å². The third kappa shape index (κ3) is 2.29. The van der Waals surface area contributed by atoms with Crippen LogP contribution in [0, 0.1) is 20.2 Å². The lowest BCUT2D eigenvalue weighted by molar-refractivity contribution is -0.385. The summed E-state index contributed by atoms with van der Waals surface area (Å²) >= 11 is 0. The lowest BCUT2D eigenvalue weighted by Gasteiger charge is -2.05. The normalized spacial score (nSPS) is 10.2. The van der Waals surface area contributed by atoms with E-state index in [2.05, 4.69) is 5.10 Å². The average Bonchev–Trinajstić information content (AvgIpc) is 2.87. The van der Waals surface area contributed by atoms with Crippen molar-refractivity contribution in [3.05, 3.63) is 56.4 Å². The van der Waals surface area contributed by atoms with Crippen molar-refractivity contribution in [1.29, 1.82) is 0 Å². The Bertz CT molecular complexity index is 722. The van der Waals surface area contributed by atoms with Crippen LogP contribution in [-0.2, 0) is 0 Å². The number of rotatable bonds is 4. The largest absolute Gasteiger partial charge is 0.478 e. The molecule has 0 aliphatic carbocycles. The highest BCUT2D eigenvalue weighted by Gasteiger charge is 2.19. The second kappa shape index (κ2) is 4.76. The Hall–Kier alpha value is -3.30. The van der Waals surface area contributed by atoms with Crippen molar-refractivity contribution >= 4 is 17.3 Å². The zero-order valence-electron chi connectivity index (χ0n) is 9.66. The summed E-state index contributed by atoms with van der Waals surface area (Å²) in [4.78, 5) is 30.9. The summed E-state index contributed by atoms with van der Waals surface area (Å²) in [6.07, 6.45) is 1.97. The van der Waals surface area contributed by atoms with Crippen molar-refractivity contribution in [3.8, 4) is 5.69 Å². The molecule has 0 unspecified atom stereocenters. The summed E-state index contributed by atoms with van der Waals surface area (Å²) in [5, 5.41) is 33.9. The molecule has 0 amide bonds. The fraction of sp³-hybridized carbons (Fsp3) is 0. The van der Waals surface area contributed by atoms with Crippen LogP contribution in [-0.4, -0.2) is 30.7 Å². The first-order valence-corrected chi connectivity index (χ1v) is 5.11. The van der Waals surface area contributed by atoms with Crippen LogP contribution in [0.5, 0.6) is 0 Å². The first kappa shape index (κ1) is 13.1. The van der Waals surface area contributed by atoms with Gasteiger partial charge in [0.15, 0.2) is 0 Å². The predicted molar refractivity (Wildman–Crippen MR) is 63.8 cm³/mol. The number of aromatic carboxylic acids is 1. The zero-order chi connectivity index (χ0) is 14.9. The maximum atomic E-state index is 11.1. The minimum Gasteiger partial charge on any atom is -0.478 e. The fourth-order valence-corrected chi connectivity index (χ4v) is 1.55. The molecule has 10 heteroatoms. The SMILES string of the molecule is O=C(O)c1cc([N+](=O)[O-])ccc1-n1cc([N+](=O)[O-])cn1. The minimum atomic E-state index is -1.40. The number of carboxylic acid groups (broad SMARTS) is 1. The summed E-state index contributed by atoms with van der Waals surface area (Å²) in [6.45, 7) is 0. The lowest BCUT2D eigenvalue weighted by atomic mass is 10.1. The second-order valence-corrected chi connectivity index (χ2v) is 3.66. The molecule has 0 bridgehead atoms. The molecular weight excluding hydrogens is 272 g/mol. The van der Waals surface area contributed by atoms with Crippen LogP contribution in [0.25, 0.3) is 5.69 Å². The van der Waals surface area contributed by atoms with Gasteiger partial charge < -0.3 is 5.11 Å². The molecule has 0 fully saturated rings. The molecule has 0 radical (unpaired) electrons. The molecule has 1 N–H and O–H groups in total. The number of carbonyl (C=O) groups is 1. The van der Waals surface area contributed by atoms with E-state index in [-0.39, 0.29) is 16.9 Å². The zero-order valence-corrected chi connectivity index (χ0v) is 9.66. The molecule has 1 aromatic heterocycles. The van der Waals surface area contributed by atoms with E-state index >= 15 is 0 Å². The number of hydrogen-bond acceptors (Lipinski definition) is 6. The van der Waals surface area contributed by atoms with Gasteiger partial charge in [0, 0.05) is 12.1 Å². The van der Waals surface area contributed by atoms with E-state index in [9.17, 15) is 25.0 Å². The van der Waals surface area contributed by atoms with E-state index in [1.165, 1.54) is 0 Å². The van der Waals surface area contributed by atoms with Gasteiger partial charge in [0.25, 0.3) is 5.69 Å². The van der Waals surface area contributed by atoms with Gasteiger partial charge in [-0.15, -0.1) is 0 Å². The maximum Gasteiger partial charge on any atom is 0.338 e. The third-order valence-electron chi connectivity index (χ3n) is 2.45. The molecule has 2 aromatic rings. The van der Waals surface area contributed by atoms with Crippen molar-refractivity contribution in [2.75, 3.05) is 0 Å². The van der Waals surface area contributed by atoms with Gasteiger partial charge >= 0.3 is 11.7 Å². The quantitative estimate of drug-likeness (QED) is 0.657. The molecule has 2 rings (SSSR count). The van der Waals surface area contributed by atoms with Crippen LogP contribution in [0.2, 0.25) is 0 Å². The van der Waals surface area contributed by atoms with Gasteiger partial charge in [0.05, 0.1) is 21.1 Å². The molecule has 0 spiro atoms. The molecule has 0 aliphatic rings. The number of nitrogens with zero attached hydrogens (tertiary/aromatic N) is 4. The van der Waals surface area contributed by atoms with Gasteiger partial charge in [-0.1, -0.05) is 0 Å². The van der Waals surface area contributed by atoms with Gasteiger partial charge in [0.2, 0.25) is 0 Å². The summed E-state index contributed by atoms with van der Waals surface area (Å²) in [7, 11) is 0. The van der Waals surface area contributed by atoms with Gasteiger partial charge in [0.1, 0.15) is 12.4 Å². The topological polar surface area (TPSA) is 141 Å². The standard InChI is InChI=1S/C10H6N4O6/c15-10(16)8-3-6(13(17)18)1-2-9(8)12-5-7(4-11-12)14(19)20/h1-5H,(H,15,16). The van der Waals surface area contributed by atoms with E-state index in [4.69, 9.17) is 5.11 Å². The van der Waals surface area contributed by atoms with E-state index in [1.54, 1.807) is 0 Å². The first-order valence-electron chi connectivity index (χ1n) is 5.11. The molecule has 1 aromatic carbocycles. The molecular formula is C10H6N4O6. The Balaban J connectivity index is 2.57. The number of carboxylic acids is 1. The molecule has 0 saturated carbocycles. The highest BCUT2D eigenvalue weighted by atomic mass is 16.6. The summed E-state index contributed by atoms with van der Waals surface area (Å²) < 4.78 is 0.977. The number of nitro groups is 2. The van der Waals surface area contributed by atoms with Crippen molar-refractivity contribution in [2.45, 2.75) is 0 Å². The van der Waals surface area contributed by atoms with E-state index in [1.807, 2.05) is 0 Å². The van der Waals surface area contributed by atoms with Crippen LogP contribution in [0.4, 0.5) is 11.4 Å². The average molecular weight is 278 g/mol. The predicted octanol–water partition coefficient (Wildman–Crippen LogP) is 1.39. The molecule has 0 saturated heterocycles. The van der Waals surface area contributed by atoms with Crippen LogP contribution < -0.4 is 0 Å². The first-order chi connectivity index (χ1) is 9.40. The van der Waals surface area contributed by atoms with Crippen LogP contribution in [0.1, 0.15) is 10.4 Å². The van der Waals surface area contributed by atoms with Gasteiger partial charge in [-0.3, -0.25) is 20.2 Å². The summed E-state index contributed by atoms with van der Waals surface area (Å²) in [6, 6.07) is 3.12. The van der Waals surface area contributed by atoms with Crippen molar-refractivity contribution in [1.82, 2.24) is 9.78 Å². The molecule has 0 aliphatic heterocycles. The number of benzene rings is 1. The number of nitro benzene ring substituents is 1. The Labute approximate surface area is 110 Å². The van der Waals surface area contributed by atoms with Crippen molar-refractivity contribution < 1.29 is 19.7 Å². The molecule has 20 heavy (non-hydrogen) atoms.